The highest BCUT2D eigenvalue weighted by molar-refractivity contribution is 7.92. The highest BCUT2D eigenvalue weighted by Crippen LogP contribution is 2.26. The Morgan fingerprint density at radius 1 is 1.08 bits per heavy atom. The Kier molecular flexibility index (Phi) is 6.57. The largest absolute Gasteiger partial charge is 0.494 e. The molecule has 0 atom stereocenters. The number of nitrogens with one attached hydrogen (secondary N) is 1. The van der Waals surface area contributed by atoms with Crippen LogP contribution in [0, 0.1) is 5.82 Å². The van der Waals surface area contributed by atoms with Gasteiger partial charge in [-0.05, 0) is 62.4 Å². The fourth-order valence-electron chi connectivity index (χ4n) is 2.31. The number of ether oxygens (including phenoxy) is 1. The minimum absolute atomic E-state index is 0.0999. The van der Waals surface area contributed by atoms with Gasteiger partial charge in [0.05, 0.1) is 17.2 Å². The van der Waals surface area contributed by atoms with E-state index in [2.05, 4.69) is 5.32 Å². The van der Waals surface area contributed by atoms with Gasteiger partial charge in [-0.3, -0.25) is 9.10 Å². The Balaban J connectivity index is 2.42. The smallest absolute Gasteiger partial charge is 0.264 e. The summed E-state index contributed by atoms with van der Waals surface area (Å²) in [4.78, 5) is 11.9. The van der Waals surface area contributed by atoms with Crippen LogP contribution in [-0.2, 0) is 14.8 Å². The van der Waals surface area contributed by atoms with E-state index in [4.69, 9.17) is 4.74 Å². The Hall–Kier alpha value is -2.61. The summed E-state index contributed by atoms with van der Waals surface area (Å²) >= 11 is 0. The Bertz CT molecular complexity index is 836. The van der Waals surface area contributed by atoms with E-state index < -0.39 is 21.7 Å². The molecule has 1 amide bonds. The Morgan fingerprint density at radius 3 is 2.23 bits per heavy atom. The van der Waals surface area contributed by atoms with Gasteiger partial charge in [-0.2, -0.15) is 0 Å². The number of amides is 1. The van der Waals surface area contributed by atoms with Gasteiger partial charge in [-0.25, -0.2) is 12.8 Å². The van der Waals surface area contributed by atoms with E-state index in [0.29, 0.717) is 24.6 Å². The van der Waals surface area contributed by atoms with Gasteiger partial charge >= 0.3 is 0 Å². The summed E-state index contributed by atoms with van der Waals surface area (Å²) in [5.41, 5.74) is 0.309. The van der Waals surface area contributed by atoms with E-state index in [1.807, 2.05) is 6.92 Å². The number of likely N-dealkylation sites (N-methyl/N-ethyl adjacent to an activating group) is 1. The maximum Gasteiger partial charge on any atom is 0.264 e. The molecule has 2 aromatic rings. The van der Waals surface area contributed by atoms with Crippen LogP contribution in [0.2, 0.25) is 0 Å². The molecule has 0 saturated heterocycles. The fourth-order valence-corrected chi connectivity index (χ4v) is 3.73. The molecule has 0 aliphatic rings. The van der Waals surface area contributed by atoms with E-state index in [1.54, 1.807) is 31.2 Å². The van der Waals surface area contributed by atoms with Crippen molar-refractivity contribution in [1.82, 2.24) is 5.32 Å². The number of carbonyl (C=O) groups excluding carboxylic acids is 1. The summed E-state index contributed by atoms with van der Waals surface area (Å²) in [7, 11) is -4.04. The van der Waals surface area contributed by atoms with Crippen LogP contribution in [0.3, 0.4) is 0 Å². The predicted octanol–water partition coefficient (Wildman–Crippen LogP) is 2.56. The first-order chi connectivity index (χ1) is 12.4. The lowest BCUT2D eigenvalue weighted by atomic mass is 10.3. The standard InChI is InChI=1S/C18H21FN2O4S/c1-3-20-18(22)13-21(15-7-9-16(10-8-15)25-4-2)26(23,24)17-11-5-14(19)6-12-17/h5-12H,3-4,13H2,1-2H3,(H,20,22). The summed E-state index contributed by atoms with van der Waals surface area (Å²) in [6, 6.07) is 10.8. The lowest BCUT2D eigenvalue weighted by molar-refractivity contribution is -0.119. The minimum Gasteiger partial charge on any atom is -0.494 e. The summed E-state index contributed by atoms with van der Waals surface area (Å²) < 4.78 is 45.5. The first-order valence-corrected chi connectivity index (χ1v) is 9.60. The van der Waals surface area contributed by atoms with Crippen molar-refractivity contribution in [3.05, 3.63) is 54.3 Å². The summed E-state index contributed by atoms with van der Waals surface area (Å²) in [6.07, 6.45) is 0. The van der Waals surface area contributed by atoms with Crippen molar-refractivity contribution in [3.8, 4) is 5.75 Å². The van der Waals surface area contributed by atoms with Crippen LogP contribution < -0.4 is 14.4 Å². The number of anilines is 1. The SMILES string of the molecule is CCNC(=O)CN(c1ccc(OCC)cc1)S(=O)(=O)c1ccc(F)cc1. The van der Waals surface area contributed by atoms with Crippen LogP contribution in [0.15, 0.2) is 53.4 Å². The molecule has 0 aliphatic heterocycles. The van der Waals surface area contributed by atoms with Gasteiger partial charge in [-0.15, -0.1) is 0 Å². The van der Waals surface area contributed by atoms with Gasteiger partial charge in [0.25, 0.3) is 10.0 Å². The summed E-state index contributed by atoms with van der Waals surface area (Å²) in [5, 5.41) is 2.58. The van der Waals surface area contributed by atoms with Crippen molar-refractivity contribution in [1.29, 1.82) is 0 Å². The monoisotopic (exact) mass is 380 g/mol. The summed E-state index contributed by atoms with van der Waals surface area (Å²) in [6.45, 7) is 4.06. The fraction of sp³-hybridized carbons (Fsp3) is 0.278. The first kappa shape index (κ1) is 19.7. The van der Waals surface area contributed by atoms with Crippen molar-refractivity contribution in [2.75, 3.05) is 24.0 Å². The molecule has 0 bridgehead atoms. The highest BCUT2D eigenvalue weighted by Gasteiger charge is 2.27. The maximum absolute atomic E-state index is 13.1. The molecule has 6 nitrogen and oxygen atoms in total. The van der Waals surface area contributed by atoms with Crippen molar-refractivity contribution < 1.29 is 22.3 Å². The summed E-state index contributed by atoms with van der Waals surface area (Å²) in [5.74, 6) is -0.388. The van der Waals surface area contributed by atoms with Gasteiger partial charge in [0, 0.05) is 6.54 Å². The predicted molar refractivity (Wildman–Crippen MR) is 97.2 cm³/mol. The van der Waals surface area contributed by atoms with E-state index in [1.165, 1.54) is 12.1 Å². The maximum atomic E-state index is 13.1. The zero-order chi connectivity index (χ0) is 19.2. The Labute approximate surface area is 152 Å². The molecule has 2 rings (SSSR count). The van der Waals surface area contributed by atoms with Crippen LogP contribution >= 0.6 is 0 Å². The second-order valence-corrected chi connectivity index (χ2v) is 7.21. The van der Waals surface area contributed by atoms with Crippen LogP contribution in [0.1, 0.15) is 13.8 Å². The third-order valence-corrected chi connectivity index (χ3v) is 5.29. The molecular formula is C18H21FN2O4S. The molecule has 0 aromatic heterocycles. The van der Waals surface area contributed by atoms with Crippen molar-refractivity contribution in [3.63, 3.8) is 0 Å². The number of sulfonamides is 1. The quantitative estimate of drug-likeness (QED) is 0.764. The van der Waals surface area contributed by atoms with Crippen molar-refractivity contribution in [2.45, 2.75) is 18.7 Å². The Morgan fingerprint density at radius 2 is 1.69 bits per heavy atom. The molecule has 0 radical (unpaired) electrons. The topological polar surface area (TPSA) is 75.7 Å². The number of hydrogen-bond acceptors (Lipinski definition) is 4. The molecule has 2 aromatic carbocycles. The molecule has 26 heavy (non-hydrogen) atoms. The van der Waals surface area contributed by atoms with Gasteiger partial charge in [-0.1, -0.05) is 0 Å². The second-order valence-electron chi connectivity index (χ2n) is 5.35. The molecule has 0 saturated carbocycles. The molecule has 0 heterocycles. The zero-order valence-corrected chi connectivity index (χ0v) is 15.4. The molecule has 8 heteroatoms. The van der Waals surface area contributed by atoms with Crippen LogP contribution in [0.25, 0.3) is 0 Å². The van der Waals surface area contributed by atoms with E-state index in [9.17, 15) is 17.6 Å². The van der Waals surface area contributed by atoms with Crippen LogP contribution in [0.5, 0.6) is 5.75 Å². The number of benzene rings is 2. The zero-order valence-electron chi connectivity index (χ0n) is 14.6. The molecule has 140 valence electrons. The third kappa shape index (κ3) is 4.72. The lowest BCUT2D eigenvalue weighted by Crippen LogP contribution is -2.40. The number of hydrogen-bond donors (Lipinski definition) is 1. The number of nitrogens with zero attached hydrogens (tertiary/aromatic N) is 1. The number of rotatable bonds is 8. The van der Waals surface area contributed by atoms with Crippen molar-refractivity contribution in [2.24, 2.45) is 0 Å². The van der Waals surface area contributed by atoms with Gasteiger partial charge in [0.2, 0.25) is 5.91 Å². The molecular weight excluding hydrogens is 359 g/mol. The van der Waals surface area contributed by atoms with Crippen molar-refractivity contribution >= 4 is 21.6 Å². The molecule has 0 spiro atoms. The second kappa shape index (κ2) is 8.66. The first-order valence-electron chi connectivity index (χ1n) is 8.16. The number of halogens is 1. The lowest BCUT2D eigenvalue weighted by Gasteiger charge is -2.24. The average molecular weight is 380 g/mol. The van der Waals surface area contributed by atoms with Gasteiger partial charge in [0.15, 0.2) is 0 Å². The average Bonchev–Trinajstić information content (AvgIpc) is 2.61. The van der Waals surface area contributed by atoms with Crippen LogP contribution in [0.4, 0.5) is 10.1 Å². The van der Waals surface area contributed by atoms with E-state index >= 15 is 0 Å². The van der Waals surface area contributed by atoms with E-state index in [-0.39, 0.29) is 11.4 Å². The molecule has 0 aliphatic carbocycles. The minimum atomic E-state index is -4.04. The number of carbonyl (C=O) groups is 1. The molecule has 0 fully saturated rings. The normalized spacial score (nSPS) is 11.0. The van der Waals surface area contributed by atoms with Gasteiger partial charge in [0.1, 0.15) is 18.1 Å². The van der Waals surface area contributed by atoms with E-state index in [0.717, 1.165) is 16.4 Å². The van der Waals surface area contributed by atoms with Crippen LogP contribution in [-0.4, -0.2) is 34.0 Å². The molecule has 1 N–H and O–H groups in total. The molecule has 0 unspecified atom stereocenters. The van der Waals surface area contributed by atoms with Gasteiger partial charge < -0.3 is 10.1 Å². The highest BCUT2D eigenvalue weighted by atomic mass is 32.2. The third-order valence-electron chi connectivity index (χ3n) is 3.50.